The van der Waals surface area contributed by atoms with Crippen molar-refractivity contribution in [2.45, 2.75) is 46.1 Å². The Labute approximate surface area is 266 Å². The monoisotopic (exact) mass is 620 g/mol. The van der Waals surface area contributed by atoms with Crippen LogP contribution in [0, 0.1) is 24.7 Å². The Balaban J connectivity index is 1.35. The van der Waals surface area contributed by atoms with Crippen molar-refractivity contribution in [3.63, 3.8) is 0 Å². The molecule has 1 fully saturated rings. The molecule has 3 aromatic carbocycles. The van der Waals surface area contributed by atoms with E-state index in [0.717, 1.165) is 0 Å². The van der Waals surface area contributed by atoms with Gasteiger partial charge < -0.3 is 4.74 Å². The third kappa shape index (κ3) is 5.57. The Kier molecular flexibility index (Phi) is 8.38. The van der Waals surface area contributed by atoms with Gasteiger partial charge in [0, 0.05) is 21.5 Å². The van der Waals surface area contributed by atoms with E-state index in [0.29, 0.717) is 63.3 Å². The second-order valence-corrected chi connectivity index (χ2v) is 12.2. The first-order valence-electron chi connectivity index (χ1n) is 15.2. The Morgan fingerprint density at radius 3 is 2.44 bits per heavy atom. The van der Waals surface area contributed by atoms with E-state index in [1.807, 2.05) is 39.0 Å². The molecule has 1 saturated heterocycles. The molecule has 45 heavy (non-hydrogen) atoms. The number of rotatable bonds is 8. The highest BCUT2D eigenvalue weighted by Gasteiger charge is 2.50. The molecule has 4 unspecified atom stereocenters. The summed E-state index contributed by atoms with van der Waals surface area (Å²) in [5.74, 6) is -1.94. The van der Waals surface area contributed by atoms with Crippen molar-refractivity contribution in [1.29, 1.82) is 0 Å². The van der Waals surface area contributed by atoms with Gasteiger partial charge in [-0.3, -0.25) is 19.3 Å². The number of fused-ring (bicyclic) bond motifs is 2. The highest BCUT2D eigenvalue weighted by molar-refractivity contribution is 6.32. The maximum atomic E-state index is 13.8. The van der Waals surface area contributed by atoms with Crippen molar-refractivity contribution in [2.75, 3.05) is 4.90 Å². The number of allylic oxidation sites excluding steroid dienone is 2. The summed E-state index contributed by atoms with van der Waals surface area (Å²) in [6.45, 7) is 5.73. The number of esters is 1. The zero-order valence-electron chi connectivity index (χ0n) is 25.3. The molecule has 0 radical (unpaired) electrons. The van der Waals surface area contributed by atoms with Crippen molar-refractivity contribution in [2.24, 2.45) is 17.8 Å². The predicted octanol–water partition coefficient (Wildman–Crippen LogP) is 7.77. The van der Waals surface area contributed by atoms with Gasteiger partial charge in [-0.2, -0.15) is 0 Å². The Morgan fingerprint density at radius 1 is 1.02 bits per heavy atom. The van der Waals surface area contributed by atoms with E-state index in [2.05, 4.69) is 0 Å². The second-order valence-electron chi connectivity index (χ2n) is 11.8. The van der Waals surface area contributed by atoms with Crippen LogP contribution >= 0.6 is 11.6 Å². The molecule has 2 heterocycles. The molecule has 1 aromatic heterocycles. The Bertz CT molecular complexity index is 1850. The number of pyridine rings is 1. The Hall–Kier alpha value is -4.62. The molecule has 0 saturated carbocycles. The molecule has 6 rings (SSSR count). The van der Waals surface area contributed by atoms with E-state index >= 15 is 0 Å². The van der Waals surface area contributed by atoms with Crippen LogP contribution in [0.1, 0.15) is 59.4 Å². The number of hydrogen-bond acceptors (Lipinski definition) is 6. The number of benzene rings is 3. The minimum atomic E-state index is -0.943. The van der Waals surface area contributed by atoms with Gasteiger partial charge in [0.1, 0.15) is 0 Å². The summed E-state index contributed by atoms with van der Waals surface area (Å²) in [7, 11) is 0. The molecule has 1 aliphatic carbocycles. The molecule has 7 nitrogen and oxygen atoms in total. The van der Waals surface area contributed by atoms with E-state index in [4.69, 9.17) is 21.3 Å². The zero-order chi connectivity index (χ0) is 31.8. The van der Waals surface area contributed by atoms with Crippen LogP contribution in [-0.4, -0.2) is 34.7 Å². The summed E-state index contributed by atoms with van der Waals surface area (Å²) >= 11 is 6.46. The molecule has 0 bridgehead atoms. The first kappa shape index (κ1) is 30.4. The molecule has 0 N–H and O–H groups in total. The molecular formula is C37H33ClN2O5. The number of hydrogen-bond donors (Lipinski definition) is 0. The summed E-state index contributed by atoms with van der Waals surface area (Å²) in [6.07, 6.45) is 4.63. The smallest absolute Gasteiger partial charge is 0.339 e. The van der Waals surface area contributed by atoms with Crippen molar-refractivity contribution < 1.29 is 23.9 Å². The van der Waals surface area contributed by atoms with Crippen LogP contribution in [0.15, 0.2) is 84.9 Å². The van der Waals surface area contributed by atoms with Crippen molar-refractivity contribution in [3.05, 3.63) is 107 Å². The van der Waals surface area contributed by atoms with Crippen molar-refractivity contribution in [1.82, 2.24) is 4.98 Å². The Morgan fingerprint density at radius 2 is 1.76 bits per heavy atom. The number of ether oxygens (including phenoxy) is 1. The molecule has 1 aliphatic heterocycles. The SMILES string of the molecule is CCCC(OC(=O)c1cc(-c2ccc(N3C(=O)C4CC=CC(C)C4C3=O)cc2)nc2c(C)c(Cl)ccc12)C(=O)c1ccccc1. The molecular weight excluding hydrogens is 588 g/mol. The summed E-state index contributed by atoms with van der Waals surface area (Å²) in [5, 5.41) is 1.06. The topological polar surface area (TPSA) is 93.6 Å². The highest BCUT2D eigenvalue weighted by atomic mass is 35.5. The zero-order valence-corrected chi connectivity index (χ0v) is 26.1. The van der Waals surface area contributed by atoms with Crippen molar-refractivity contribution in [3.8, 4) is 11.3 Å². The van der Waals surface area contributed by atoms with E-state index in [-0.39, 0.29) is 40.9 Å². The number of Topliss-reactive ketones (excluding diaryl/α,β-unsaturated/α-hetero) is 1. The lowest BCUT2D eigenvalue weighted by molar-refractivity contribution is -0.122. The second kappa shape index (κ2) is 12.4. The maximum Gasteiger partial charge on any atom is 0.339 e. The molecule has 228 valence electrons. The molecule has 8 heteroatoms. The number of nitrogens with zero attached hydrogens (tertiary/aromatic N) is 2. The molecule has 2 aliphatic rings. The number of aryl methyl sites for hydroxylation is 1. The van der Waals surface area contributed by atoms with Crippen LogP contribution in [0.5, 0.6) is 0 Å². The third-order valence-electron chi connectivity index (χ3n) is 8.83. The number of carbonyl (C=O) groups is 4. The highest BCUT2D eigenvalue weighted by Crippen LogP contribution is 2.41. The lowest BCUT2D eigenvalue weighted by Crippen LogP contribution is -2.31. The van der Waals surface area contributed by atoms with E-state index in [9.17, 15) is 19.2 Å². The average Bonchev–Trinajstić information content (AvgIpc) is 3.32. The van der Waals surface area contributed by atoms with Gasteiger partial charge in [0.15, 0.2) is 6.10 Å². The first-order chi connectivity index (χ1) is 21.7. The number of anilines is 1. The molecule has 2 amide bonds. The van der Waals surface area contributed by atoms with Crippen LogP contribution < -0.4 is 4.90 Å². The van der Waals surface area contributed by atoms with Gasteiger partial charge in [-0.25, -0.2) is 9.78 Å². The number of imide groups is 1. The lowest BCUT2D eigenvalue weighted by atomic mass is 9.78. The maximum absolute atomic E-state index is 13.8. The minimum absolute atomic E-state index is 0.000533. The predicted molar refractivity (Wildman–Crippen MR) is 174 cm³/mol. The number of ketones is 1. The standard InChI is InChI=1S/C37H33ClN2O5/c1-4-9-31(34(41)24-11-6-5-7-12-24)45-37(44)28-20-30(39-33-22(3)29(38)19-18-26(28)33)23-14-16-25(17-15-23)40-35(42)27-13-8-10-21(2)32(27)36(40)43/h5-8,10-12,14-21,27,31-32H,4,9,13H2,1-3H3. The quantitative estimate of drug-likeness (QED) is 0.0864. The fourth-order valence-corrected chi connectivity index (χ4v) is 6.54. The summed E-state index contributed by atoms with van der Waals surface area (Å²) in [5.41, 5.74) is 3.63. The molecule has 4 atom stereocenters. The van der Waals surface area contributed by atoms with E-state index < -0.39 is 12.1 Å². The van der Waals surface area contributed by atoms with Crippen LogP contribution in [0.25, 0.3) is 22.2 Å². The summed E-state index contributed by atoms with van der Waals surface area (Å²) in [4.78, 5) is 59.7. The number of halogens is 1. The van der Waals surface area contributed by atoms with E-state index in [1.165, 1.54) is 4.90 Å². The van der Waals surface area contributed by atoms with Gasteiger partial charge in [0.05, 0.1) is 34.3 Å². The first-order valence-corrected chi connectivity index (χ1v) is 15.6. The lowest BCUT2D eigenvalue weighted by Gasteiger charge is -2.22. The number of amides is 2. The van der Waals surface area contributed by atoms with Crippen LogP contribution in [0.3, 0.4) is 0 Å². The van der Waals surface area contributed by atoms with Crippen LogP contribution in [-0.2, 0) is 14.3 Å². The normalized spacial score (nSPS) is 19.9. The third-order valence-corrected chi connectivity index (χ3v) is 9.24. The van der Waals surface area contributed by atoms with Gasteiger partial charge in [0.25, 0.3) is 0 Å². The van der Waals surface area contributed by atoms with Gasteiger partial charge >= 0.3 is 5.97 Å². The molecule has 0 spiro atoms. The van der Waals surface area contributed by atoms with Gasteiger partial charge in [-0.1, -0.05) is 92.6 Å². The number of aromatic nitrogens is 1. The summed E-state index contributed by atoms with van der Waals surface area (Å²) in [6, 6.07) is 20.9. The summed E-state index contributed by atoms with van der Waals surface area (Å²) < 4.78 is 5.89. The number of carbonyl (C=O) groups excluding carboxylic acids is 4. The fraction of sp³-hybridized carbons (Fsp3) is 0.270. The van der Waals surface area contributed by atoms with Gasteiger partial charge in [-0.15, -0.1) is 0 Å². The van der Waals surface area contributed by atoms with E-state index in [1.54, 1.807) is 66.7 Å². The van der Waals surface area contributed by atoms with Gasteiger partial charge in [0.2, 0.25) is 17.6 Å². The van der Waals surface area contributed by atoms with Crippen LogP contribution in [0.4, 0.5) is 5.69 Å². The molecule has 4 aromatic rings. The van der Waals surface area contributed by atoms with Crippen molar-refractivity contribution >= 4 is 51.8 Å². The minimum Gasteiger partial charge on any atom is -0.450 e. The van der Waals surface area contributed by atoms with Gasteiger partial charge in [-0.05, 0) is 55.5 Å². The van der Waals surface area contributed by atoms with Crippen LogP contribution in [0.2, 0.25) is 5.02 Å². The largest absolute Gasteiger partial charge is 0.450 e. The fourth-order valence-electron chi connectivity index (χ4n) is 6.39. The average molecular weight is 621 g/mol.